The van der Waals surface area contributed by atoms with Gasteiger partial charge in [0.1, 0.15) is 11.5 Å². The highest BCUT2D eigenvalue weighted by Gasteiger charge is 2.48. The van der Waals surface area contributed by atoms with Crippen molar-refractivity contribution in [2.45, 2.75) is 25.3 Å². The van der Waals surface area contributed by atoms with Crippen molar-refractivity contribution in [3.05, 3.63) is 59.5 Å². The Morgan fingerprint density at radius 2 is 1.88 bits per heavy atom. The van der Waals surface area contributed by atoms with Crippen molar-refractivity contribution in [1.29, 1.82) is 0 Å². The van der Waals surface area contributed by atoms with Gasteiger partial charge in [-0.05, 0) is 24.6 Å². The lowest BCUT2D eigenvalue weighted by Crippen LogP contribution is -2.54. The number of aryl methyl sites for hydroxylation is 1. The van der Waals surface area contributed by atoms with Gasteiger partial charge in [-0.25, -0.2) is 8.42 Å². The van der Waals surface area contributed by atoms with Crippen LogP contribution >= 0.6 is 0 Å². The van der Waals surface area contributed by atoms with E-state index >= 15 is 0 Å². The summed E-state index contributed by atoms with van der Waals surface area (Å²) < 4.78 is 32.7. The molecule has 0 bridgehead atoms. The topological polar surface area (TPSA) is 53.8 Å². The van der Waals surface area contributed by atoms with E-state index in [4.69, 9.17) is 4.42 Å². The summed E-state index contributed by atoms with van der Waals surface area (Å²) in [6, 6.07) is 13.7. The molecule has 0 unspecified atom stereocenters. The lowest BCUT2D eigenvalue weighted by atomic mass is 9.92. The first kappa shape index (κ1) is 15.9. The van der Waals surface area contributed by atoms with Crippen LogP contribution in [0.4, 0.5) is 0 Å². The van der Waals surface area contributed by atoms with E-state index in [1.54, 1.807) is 4.31 Å². The number of hydrogen-bond donors (Lipinski definition) is 0. The standard InChI is InChI=1S/C18H22N2O3S/c1-14-7-8-17(23-14)11-19-9-16-10-20(12-18(16)19)24(21,22)13-15-5-3-2-4-6-15/h2-8,16,18H,9-13H2,1H3/t16-,18-/m0/s1. The third-order valence-corrected chi connectivity index (χ3v) is 6.83. The summed E-state index contributed by atoms with van der Waals surface area (Å²) >= 11 is 0. The Labute approximate surface area is 142 Å². The van der Waals surface area contributed by atoms with Crippen LogP contribution in [0.2, 0.25) is 0 Å². The summed E-state index contributed by atoms with van der Waals surface area (Å²) in [5.74, 6) is 2.41. The van der Waals surface area contributed by atoms with Gasteiger partial charge in [0.15, 0.2) is 0 Å². The van der Waals surface area contributed by atoms with E-state index in [1.807, 2.05) is 49.4 Å². The summed E-state index contributed by atoms with van der Waals surface area (Å²) in [5, 5.41) is 0. The van der Waals surface area contributed by atoms with Crippen LogP contribution < -0.4 is 0 Å². The van der Waals surface area contributed by atoms with Gasteiger partial charge in [-0.3, -0.25) is 4.90 Å². The molecule has 5 nitrogen and oxygen atoms in total. The minimum Gasteiger partial charge on any atom is -0.465 e. The number of fused-ring (bicyclic) bond motifs is 1. The Balaban J connectivity index is 1.39. The molecule has 0 amide bonds. The van der Waals surface area contributed by atoms with Gasteiger partial charge >= 0.3 is 0 Å². The second kappa shape index (κ2) is 6.02. The van der Waals surface area contributed by atoms with Crippen LogP contribution in [-0.4, -0.2) is 43.3 Å². The summed E-state index contributed by atoms with van der Waals surface area (Å²) in [6.07, 6.45) is 0. The van der Waals surface area contributed by atoms with Gasteiger partial charge in [-0.15, -0.1) is 0 Å². The first-order valence-corrected chi connectivity index (χ1v) is 9.93. The lowest BCUT2D eigenvalue weighted by Gasteiger charge is -2.43. The minimum absolute atomic E-state index is 0.0880. The molecule has 2 aliphatic heterocycles. The average molecular weight is 346 g/mol. The van der Waals surface area contributed by atoms with E-state index in [2.05, 4.69) is 4.90 Å². The average Bonchev–Trinajstić information content (AvgIpc) is 3.09. The Morgan fingerprint density at radius 3 is 2.58 bits per heavy atom. The third kappa shape index (κ3) is 3.01. The fourth-order valence-electron chi connectivity index (χ4n) is 3.76. The molecule has 2 saturated heterocycles. The van der Waals surface area contributed by atoms with Gasteiger partial charge < -0.3 is 4.42 Å². The predicted molar refractivity (Wildman–Crippen MR) is 91.8 cm³/mol. The van der Waals surface area contributed by atoms with Crippen molar-refractivity contribution in [3.8, 4) is 0 Å². The van der Waals surface area contributed by atoms with Crippen molar-refractivity contribution in [3.63, 3.8) is 0 Å². The number of sulfonamides is 1. The first-order chi connectivity index (χ1) is 11.5. The molecule has 2 aliphatic rings. The van der Waals surface area contributed by atoms with E-state index < -0.39 is 10.0 Å². The molecule has 0 N–H and O–H groups in total. The van der Waals surface area contributed by atoms with Crippen LogP contribution in [0.3, 0.4) is 0 Å². The number of likely N-dealkylation sites (tertiary alicyclic amines) is 1. The van der Waals surface area contributed by atoms with E-state index in [9.17, 15) is 8.42 Å². The molecule has 4 rings (SSSR count). The summed E-state index contributed by atoms with van der Waals surface area (Å²) in [5.41, 5.74) is 0.847. The van der Waals surface area contributed by atoms with Crippen molar-refractivity contribution in [2.75, 3.05) is 19.6 Å². The van der Waals surface area contributed by atoms with Crippen LogP contribution in [0.5, 0.6) is 0 Å². The third-order valence-electron chi connectivity index (χ3n) is 5.05. The van der Waals surface area contributed by atoms with Gasteiger partial charge in [-0.1, -0.05) is 30.3 Å². The molecule has 2 atom stereocenters. The lowest BCUT2D eigenvalue weighted by molar-refractivity contribution is 0.0369. The normalized spacial score (nSPS) is 24.7. The molecular weight excluding hydrogens is 324 g/mol. The van der Waals surface area contributed by atoms with Gasteiger partial charge in [0.25, 0.3) is 0 Å². The summed E-state index contributed by atoms with van der Waals surface area (Å²) in [7, 11) is -3.25. The molecule has 2 fully saturated rings. The number of nitrogens with zero attached hydrogens (tertiary/aromatic N) is 2. The molecule has 0 radical (unpaired) electrons. The Hall–Kier alpha value is -1.63. The van der Waals surface area contributed by atoms with Crippen LogP contribution in [0.1, 0.15) is 17.1 Å². The molecule has 6 heteroatoms. The van der Waals surface area contributed by atoms with Crippen molar-refractivity contribution in [2.24, 2.45) is 5.92 Å². The molecule has 128 valence electrons. The fourth-order valence-corrected chi connectivity index (χ4v) is 5.36. The van der Waals surface area contributed by atoms with Crippen LogP contribution in [-0.2, 0) is 22.3 Å². The van der Waals surface area contributed by atoms with Crippen molar-refractivity contribution >= 4 is 10.0 Å². The molecule has 1 aromatic heterocycles. The number of rotatable bonds is 5. The van der Waals surface area contributed by atoms with Gasteiger partial charge in [0.2, 0.25) is 10.0 Å². The SMILES string of the molecule is Cc1ccc(CN2C[C@H]3CN(S(=O)(=O)Cc4ccccc4)C[C@@H]32)o1. The highest BCUT2D eigenvalue weighted by molar-refractivity contribution is 7.88. The maximum atomic E-state index is 12.7. The highest BCUT2D eigenvalue weighted by atomic mass is 32.2. The Kier molecular flexibility index (Phi) is 3.98. The van der Waals surface area contributed by atoms with E-state index in [-0.39, 0.29) is 5.75 Å². The number of furan rings is 1. The van der Waals surface area contributed by atoms with Crippen LogP contribution in [0.25, 0.3) is 0 Å². The summed E-state index contributed by atoms with van der Waals surface area (Å²) in [6.45, 7) is 4.90. The predicted octanol–water partition coefficient (Wildman–Crippen LogP) is 2.23. The van der Waals surface area contributed by atoms with E-state index in [0.717, 1.165) is 30.2 Å². The van der Waals surface area contributed by atoms with Gasteiger partial charge in [0, 0.05) is 31.6 Å². The zero-order chi connectivity index (χ0) is 16.7. The van der Waals surface area contributed by atoms with E-state index in [1.165, 1.54) is 0 Å². The minimum atomic E-state index is -3.25. The Morgan fingerprint density at radius 1 is 1.08 bits per heavy atom. The highest BCUT2D eigenvalue weighted by Crippen LogP contribution is 2.35. The monoisotopic (exact) mass is 346 g/mol. The van der Waals surface area contributed by atoms with Gasteiger partial charge in [-0.2, -0.15) is 4.31 Å². The molecule has 0 aliphatic carbocycles. The molecule has 24 heavy (non-hydrogen) atoms. The maximum Gasteiger partial charge on any atom is 0.218 e. The molecular formula is C18H22N2O3S. The fraction of sp³-hybridized carbons (Fsp3) is 0.444. The van der Waals surface area contributed by atoms with Crippen molar-refractivity contribution in [1.82, 2.24) is 9.21 Å². The second-order valence-corrected chi connectivity index (χ2v) is 8.80. The van der Waals surface area contributed by atoms with E-state index in [0.29, 0.717) is 25.0 Å². The van der Waals surface area contributed by atoms with Crippen LogP contribution in [0, 0.1) is 12.8 Å². The smallest absolute Gasteiger partial charge is 0.218 e. The first-order valence-electron chi connectivity index (χ1n) is 8.32. The quantitative estimate of drug-likeness (QED) is 0.833. The molecule has 0 saturated carbocycles. The second-order valence-electron chi connectivity index (χ2n) is 6.83. The molecule has 0 spiro atoms. The molecule has 3 heterocycles. The van der Waals surface area contributed by atoms with Crippen LogP contribution in [0.15, 0.2) is 46.9 Å². The largest absolute Gasteiger partial charge is 0.465 e. The Bertz CT molecular complexity index is 816. The molecule has 2 aromatic rings. The zero-order valence-electron chi connectivity index (χ0n) is 13.8. The molecule has 1 aromatic carbocycles. The maximum absolute atomic E-state index is 12.7. The van der Waals surface area contributed by atoms with Gasteiger partial charge in [0.05, 0.1) is 12.3 Å². The number of benzene rings is 1. The summed E-state index contributed by atoms with van der Waals surface area (Å²) in [4.78, 5) is 2.32. The number of hydrogen-bond acceptors (Lipinski definition) is 4. The zero-order valence-corrected chi connectivity index (χ0v) is 14.6. The van der Waals surface area contributed by atoms with Crippen molar-refractivity contribution < 1.29 is 12.8 Å².